The fourth-order valence-electron chi connectivity index (χ4n) is 3.82. The molecule has 0 aromatic heterocycles. The number of hydrogen-bond acceptors (Lipinski definition) is 6. The molecule has 3 rings (SSSR count). The summed E-state index contributed by atoms with van der Waals surface area (Å²) in [6, 6.07) is 4.57. The maximum Gasteiger partial charge on any atom is 0.251 e. The first-order chi connectivity index (χ1) is 15.3. The third-order valence-electron chi connectivity index (χ3n) is 5.55. The Morgan fingerprint density at radius 2 is 1.81 bits per heavy atom. The third kappa shape index (κ3) is 7.56. The van der Waals surface area contributed by atoms with Crippen LogP contribution in [0.1, 0.15) is 38.5 Å². The maximum absolute atomic E-state index is 12.4. The average Bonchev–Trinajstić information content (AvgIpc) is 2.77. The van der Waals surface area contributed by atoms with Crippen LogP contribution in [-0.2, 0) is 14.8 Å². The number of unbranched alkanes of at least 4 members (excludes halogenated alkanes) is 2. The molecule has 0 spiro atoms. The summed E-state index contributed by atoms with van der Waals surface area (Å²) in [4.78, 5) is 13.9. The van der Waals surface area contributed by atoms with Crippen LogP contribution in [0.5, 0.6) is 11.5 Å². The number of fused-ring (bicyclic) bond motifs is 1. The Labute approximate surface area is 187 Å². The summed E-state index contributed by atoms with van der Waals surface area (Å²) in [5.41, 5.74) is 0. The highest BCUT2D eigenvalue weighted by Gasteiger charge is 2.22. The van der Waals surface area contributed by atoms with Crippen molar-refractivity contribution in [2.45, 2.75) is 55.9 Å². The number of likely N-dealkylation sites (tertiary alicyclic amines) is 1. The van der Waals surface area contributed by atoms with Crippen molar-refractivity contribution in [1.29, 1.82) is 0 Å². The molecule has 1 aromatic carbocycles. The number of ether oxygens (including phenoxy) is 2. The van der Waals surface area contributed by atoms with Crippen molar-refractivity contribution in [3.63, 3.8) is 0 Å². The van der Waals surface area contributed by atoms with Crippen LogP contribution >= 0.6 is 0 Å². The Kier molecular flexibility index (Phi) is 9.06. The molecule has 2 heterocycles. The lowest BCUT2D eigenvalue weighted by molar-refractivity contribution is -0.122. The minimum absolute atomic E-state index is 0.0363. The van der Waals surface area contributed by atoms with Gasteiger partial charge in [-0.2, -0.15) is 0 Å². The van der Waals surface area contributed by atoms with Crippen LogP contribution in [0.4, 0.5) is 8.78 Å². The molecule has 1 aromatic rings. The van der Waals surface area contributed by atoms with E-state index in [1.807, 2.05) is 0 Å². The first-order valence-electron chi connectivity index (χ1n) is 11.0. The average molecular weight is 476 g/mol. The number of piperidine rings is 1. The summed E-state index contributed by atoms with van der Waals surface area (Å²) < 4.78 is 63.1. The second-order valence-corrected chi connectivity index (χ2v) is 9.81. The Morgan fingerprint density at radius 3 is 2.53 bits per heavy atom. The lowest BCUT2D eigenvalue weighted by atomic mass is 10.0. The normalized spacial score (nSPS) is 17.5. The van der Waals surface area contributed by atoms with Crippen molar-refractivity contribution in [2.24, 2.45) is 0 Å². The smallest absolute Gasteiger partial charge is 0.251 e. The molecule has 0 radical (unpaired) electrons. The minimum atomic E-state index is -3.64. The second kappa shape index (κ2) is 11.8. The molecular weight excluding hydrogens is 444 g/mol. The molecule has 0 bridgehead atoms. The number of sulfonamides is 1. The predicted octanol–water partition coefficient (Wildman–Crippen LogP) is 2.14. The van der Waals surface area contributed by atoms with Gasteiger partial charge in [0.2, 0.25) is 15.9 Å². The molecule has 0 atom stereocenters. The number of halogens is 2. The lowest BCUT2D eigenvalue weighted by Crippen LogP contribution is -2.45. The first kappa shape index (κ1) is 24.7. The van der Waals surface area contributed by atoms with E-state index in [9.17, 15) is 22.0 Å². The van der Waals surface area contributed by atoms with Crippen LogP contribution in [-0.4, -0.2) is 71.1 Å². The van der Waals surface area contributed by atoms with E-state index in [1.165, 1.54) is 12.1 Å². The van der Waals surface area contributed by atoms with E-state index in [-0.39, 0.29) is 29.9 Å². The molecule has 2 aliphatic rings. The van der Waals surface area contributed by atoms with Crippen LogP contribution in [0.2, 0.25) is 0 Å². The summed E-state index contributed by atoms with van der Waals surface area (Å²) in [7, 11) is -3.64. The summed E-state index contributed by atoms with van der Waals surface area (Å²) in [6.45, 7) is 2.03. The highest BCUT2D eigenvalue weighted by Crippen LogP contribution is 2.32. The summed E-state index contributed by atoms with van der Waals surface area (Å²) in [5, 5.41) is 2.97. The molecule has 2 aliphatic heterocycles. The quantitative estimate of drug-likeness (QED) is 0.476. The Hall–Kier alpha value is -1.98. The maximum atomic E-state index is 12.4. The Morgan fingerprint density at radius 1 is 1.09 bits per heavy atom. The Bertz CT molecular complexity index is 861. The number of amides is 1. The van der Waals surface area contributed by atoms with Crippen LogP contribution in [0, 0.1) is 0 Å². The zero-order valence-corrected chi connectivity index (χ0v) is 18.8. The summed E-state index contributed by atoms with van der Waals surface area (Å²) in [5.74, 6) is 0.909. The fourth-order valence-corrected chi connectivity index (χ4v) is 4.91. The number of carbonyl (C=O) groups is 1. The highest BCUT2D eigenvalue weighted by molar-refractivity contribution is 7.89. The van der Waals surface area contributed by atoms with Gasteiger partial charge in [-0.1, -0.05) is 6.42 Å². The van der Waals surface area contributed by atoms with Gasteiger partial charge in [0.15, 0.2) is 11.5 Å². The number of benzene rings is 1. The van der Waals surface area contributed by atoms with Gasteiger partial charge < -0.3 is 14.8 Å². The van der Waals surface area contributed by atoms with Crippen LogP contribution < -0.4 is 19.5 Å². The van der Waals surface area contributed by atoms with E-state index in [1.54, 1.807) is 11.0 Å². The van der Waals surface area contributed by atoms with Gasteiger partial charge in [-0.3, -0.25) is 9.69 Å². The molecule has 0 saturated carbocycles. The fraction of sp³-hybridized carbons (Fsp3) is 0.667. The summed E-state index contributed by atoms with van der Waals surface area (Å²) >= 11 is 0. The standard InChI is InChI=1S/C21H31F2N3O5S/c22-20(23)15-26-10-7-16(8-11-26)25-21(27)4-2-1-3-9-24-32(28,29)17-5-6-18-19(14-17)31-13-12-30-18/h5-6,14,16,20,24H,1-4,7-13,15H2,(H,25,27). The molecule has 2 N–H and O–H groups in total. The number of hydrogen-bond donors (Lipinski definition) is 2. The van der Waals surface area contributed by atoms with Gasteiger partial charge in [0.1, 0.15) is 13.2 Å². The summed E-state index contributed by atoms with van der Waals surface area (Å²) in [6.07, 6.45) is 1.38. The van der Waals surface area contributed by atoms with Gasteiger partial charge in [-0.05, 0) is 37.8 Å². The Balaban J connectivity index is 1.28. The van der Waals surface area contributed by atoms with E-state index in [2.05, 4.69) is 10.0 Å². The van der Waals surface area contributed by atoms with E-state index in [0.29, 0.717) is 76.3 Å². The topological polar surface area (TPSA) is 97.0 Å². The van der Waals surface area contributed by atoms with Crippen molar-refractivity contribution >= 4 is 15.9 Å². The van der Waals surface area contributed by atoms with Crippen molar-refractivity contribution in [3.8, 4) is 11.5 Å². The monoisotopic (exact) mass is 475 g/mol. The van der Waals surface area contributed by atoms with Crippen molar-refractivity contribution in [2.75, 3.05) is 39.4 Å². The molecule has 11 heteroatoms. The molecule has 32 heavy (non-hydrogen) atoms. The SMILES string of the molecule is O=C(CCCCCNS(=O)(=O)c1ccc2c(c1)OCCO2)NC1CCN(CC(F)F)CC1. The molecule has 1 amide bonds. The zero-order valence-electron chi connectivity index (χ0n) is 18.0. The van der Waals surface area contributed by atoms with E-state index < -0.39 is 16.4 Å². The molecule has 8 nitrogen and oxygen atoms in total. The second-order valence-electron chi connectivity index (χ2n) is 8.05. The van der Waals surface area contributed by atoms with Crippen molar-refractivity contribution in [1.82, 2.24) is 14.9 Å². The molecular formula is C21H31F2N3O5S. The van der Waals surface area contributed by atoms with Crippen molar-refractivity contribution < 1.29 is 31.5 Å². The predicted molar refractivity (Wildman–Crippen MR) is 115 cm³/mol. The highest BCUT2D eigenvalue weighted by atomic mass is 32.2. The van der Waals surface area contributed by atoms with Crippen LogP contribution in [0.15, 0.2) is 23.1 Å². The van der Waals surface area contributed by atoms with Gasteiger partial charge in [-0.15, -0.1) is 0 Å². The molecule has 1 fully saturated rings. The van der Waals surface area contributed by atoms with Gasteiger partial charge in [-0.25, -0.2) is 21.9 Å². The number of alkyl halides is 2. The number of nitrogens with zero attached hydrogens (tertiary/aromatic N) is 1. The van der Waals surface area contributed by atoms with Crippen LogP contribution in [0.25, 0.3) is 0 Å². The first-order valence-corrected chi connectivity index (χ1v) is 12.5. The van der Waals surface area contributed by atoms with Crippen LogP contribution in [0.3, 0.4) is 0 Å². The third-order valence-corrected chi connectivity index (χ3v) is 7.00. The molecule has 0 aliphatic carbocycles. The molecule has 180 valence electrons. The number of carbonyl (C=O) groups excluding carboxylic acids is 1. The van der Waals surface area contributed by atoms with Crippen molar-refractivity contribution in [3.05, 3.63) is 18.2 Å². The lowest BCUT2D eigenvalue weighted by Gasteiger charge is -2.32. The van der Waals surface area contributed by atoms with Gasteiger partial charge in [0, 0.05) is 38.2 Å². The molecule has 0 unspecified atom stereocenters. The van der Waals surface area contributed by atoms with E-state index >= 15 is 0 Å². The minimum Gasteiger partial charge on any atom is -0.486 e. The zero-order chi connectivity index (χ0) is 23.0. The van der Waals surface area contributed by atoms with E-state index in [4.69, 9.17) is 9.47 Å². The van der Waals surface area contributed by atoms with E-state index in [0.717, 1.165) is 0 Å². The van der Waals surface area contributed by atoms with Gasteiger partial charge in [0.05, 0.1) is 11.4 Å². The largest absolute Gasteiger partial charge is 0.486 e. The number of nitrogens with one attached hydrogen (secondary N) is 2. The van der Waals surface area contributed by atoms with Gasteiger partial charge >= 0.3 is 0 Å². The number of rotatable bonds is 11. The van der Waals surface area contributed by atoms with Gasteiger partial charge in [0.25, 0.3) is 6.43 Å². The molecule has 1 saturated heterocycles.